The number of methoxy groups -OCH3 is 1. The van der Waals surface area contributed by atoms with Gasteiger partial charge in [0, 0.05) is 44.7 Å². The molecule has 8 nitrogen and oxygen atoms in total. The van der Waals surface area contributed by atoms with E-state index >= 15 is 0 Å². The molecule has 26 heavy (non-hydrogen) atoms. The van der Waals surface area contributed by atoms with Gasteiger partial charge >= 0.3 is 0 Å². The third-order valence-corrected chi connectivity index (χ3v) is 5.37. The van der Waals surface area contributed by atoms with Crippen molar-refractivity contribution < 1.29 is 18.6 Å². The molecule has 2 aromatic heterocycles. The van der Waals surface area contributed by atoms with Crippen molar-refractivity contribution in [3.8, 4) is 0 Å². The van der Waals surface area contributed by atoms with Crippen molar-refractivity contribution in [1.29, 1.82) is 0 Å². The molecule has 142 valence electrons. The monoisotopic (exact) mass is 362 g/mol. The minimum Gasteiger partial charge on any atom is -0.385 e. The molecule has 0 spiro atoms. The lowest BCUT2D eigenvalue weighted by molar-refractivity contribution is -0.132. The van der Waals surface area contributed by atoms with Crippen LogP contribution in [0.1, 0.15) is 48.0 Å². The van der Waals surface area contributed by atoms with Gasteiger partial charge in [0.2, 0.25) is 11.8 Å². The van der Waals surface area contributed by atoms with Gasteiger partial charge in [-0.15, -0.1) is 0 Å². The maximum Gasteiger partial charge on any atom is 0.227 e. The summed E-state index contributed by atoms with van der Waals surface area (Å²) in [5, 5.41) is 8.08. The summed E-state index contributed by atoms with van der Waals surface area (Å²) in [7, 11) is 1.69. The van der Waals surface area contributed by atoms with Crippen LogP contribution in [0.3, 0.4) is 0 Å². The molecular weight excluding hydrogens is 336 g/mol. The number of hydrogen-bond acceptors (Lipinski definition) is 7. The number of rotatable bonds is 6. The second kappa shape index (κ2) is 7.57. The van der Waals surface area contributed by atoms with Gasteiger partial charge in [0.05, 0.1) is 12.1 Å². The topological polar surface area (TPSA) is 94.5 Å². The van der Waals surface area contributed by atoms with Crippen LogP contribution in [0.2, 0.25) is 0 Å². The molecule has 1 amide bonds. The third kappa shape index (κ3) is 3.65. The largest absolute Gasteiger partial charge is 0.385 e. The van der Waals surface area contributed by atoms with Crippen LogP contribution in [0.15, 0.2) is 9.05 Å². The molecule has 0 saturated carbocycles. The van der Waals surface area contributed by atoms with Crippen molar-refractivity contribution in [2.45, 2.75) is 51.9 Å². The maximum absolute atomic E-state index is 12.7. The molecule has 1 aliphatic heterocycles. The summed E-state index contributed by atoms with van der Waals surface area (Å²) in [4.78, 5) is 19.1. The number of amides is 1. The SMILES string of the molecule is COCCC1(c2noc(C)n2)CCN(C(=O)Cc2c(C)noc2C)CC1. The molecular formula is C18H26N4O4. The number of carbonyl (C=O) groups excluding carboxylic acids is 1. The highest BCUT2D eigenvalue weighted by Gasteiger charge is 2.40. The molecule has 3 heterocycles. The highest BCUT2D eigenvalue weighted by molar-refractivity contribution is 5.79. The lowest BCUT2D eigenvalue weighted by Gasteiger charge is -2.39. The number of hydrogen-bond donors (Lipinski definition) is 0. The summed E-state index contributed by atoms with van der Waals surface area (Å²) in [6.45, 7) is 7.46. The van der Waals surface area contributed by atoms with E-state index in [4.69, 9.17) is 13.8 Å². The number of nitrogens with zero attached hydrogens (tertiary/aromatic N) is 4. The van der Waals surface area contributed by atoms with Crippen molar-refractivity contribution in [3.05, 3.63) is 28.7 Å². The molecule has 0 aromatic carbocycles. The fourth-order valence-electron chi connectivity index (χ4n) is 3.60. The minimum absolute atomic E-state index is 0.101. The Morgan fingerprint density at radius 1 is 1.19 bits per heavy atom. The van der Waals surface area contributed by atoms with Gasteiger partial charge in [0.25, 0.3) is 0 Å². The zero-order valence-corrected chi connectivity index (χ0v) is 15.9. The molecule has 0 unspecified atom stereocenters. The first-order valence-corrected chi connectivity index (χ1v) is 8.94. The van der Waals surface area contributed by atoms with E-state index in [9.17, 15) is 4.79 Å². The van der Waals surface area contributed by atoms with Gasteiger partial charge in [0.15, 0.2) is 5.82 Å². The van der Waals surface area contributed by atoms with Gasteiger partial charge in [-0.25, -0.2) is 0 Å². The van der Waals surface area contributed by atoms with Gasteiger partial charge in [0.1, 0.15) is 5.76 Å². The van der Waals surface area contributed by atoms with Gasteiger partial charge < -0.3 is 18.7 Å². The zero-order chi connectivity index (χ0) is 18.7. The standard InChI is InChI=1S/C18H26N4O4/c1-12-15(13(2)25-20-12)11-16(23)22-8-5-18(6-9-22,7-10-24-4)17-19-14(3)26-21-17/h5-11H2,1-4H3. The van der Waals surface area contributed by atoms with Crippen molar-refractivity contribution in [3.63, 3.8) is 0 Å². The lowest BCUT2D eigenvalue weighted by Crippen LogP contribution is -2.46. The fraction of sp³-hybridized carbons (Fsp3) is 0.667. The summed E-state index contributed by atoms with van der Waals surface area (Å²) in [5.74, 6) is 2.10. The Labute approximate surface area is 152 Å². The Hall–Kier alpha value is -2.22. The first-order chi connectivity index (χ1) is 12.4. The summed E-state index contributed by atoms with van der Waals surface area (Å²) in [6, 6.07) is 0. The first kappa shape index (κ1) is 18.6. The summed E-state index contributed by atoms with van der Waals surface area (Å²) in [5.41, 5.74) is 1.47. The van der Waals surface area contributed by atoms with Gasteiger partial charge in [-0.1, -0.05) is 10.3 Å². The smallest absolute Gasteiger partial charge is 0.227 e. The number of carbonyl (C=O) groups is 1. The third-order valence-electron chi connectivity index (χ3n) is 5.37. The Kier molecular flexibility index (Phi) is 5.41. The normalized spacial score (nSPS) is 16.8. The molecule has 3 rings (SSSR count). The summed E-state index contributed by atoms with van der Waals surface area (Å²) < 4.78 is 15.6. The van der Waals surface area contributed by atoms with Crippen LogP contribution in [-0.2, 0) is 21.4 Å². The molecule has 0 N–H and O–H groups in total. The van der Waals surface area contributed by atoms with Crippen LogP contribution in [0.25, 0.3) is 0 Å². The van der Waals surface area contributed by atoms with Crippen molar-refractivity contribution >= 4 is 5.91 Å². The average Bonchev–Trinajstić information content (AvgIpc) is 3.21. The molecule has 1 saturated heterocycles. The van der Waals surface area contributed by atoms with E-state index in [2.05, 4.69) is 15.3 Å². The van der Waals surface area contributed by atoms with Crippen LogP contribution >= 0.6 is 0 Å². The van der Waals surface area contributed by atoms with Gasteiger partial charge in [-0.2, -0.15) is 4.98 Å². The first-order valence-electron chi connectivity index (χ1n) is 8.94. The highest BCUT2D eigenvalue weighted by atomic mass is 16.5. The number of aryl methyl sites for hydroxylation is 3. The van der Waals surface area contributed by atoms with Gasteiger partial charge in [-0.3, -0.25) is 4.79 Å². The number of ether oxygens (including phenoxy) is 1. The van der Waals surface area contributed by atoms with Crippen molar-refractivity contribution in [1.82, 2.24) is 20.2 Å². The highest BCUT2D eigenvalue weighted by Crippen LogP contribution is 2.37. The predicted octanol–water partition coefficient (Wildman–Crippen LogP) is 2.12. The molecule has 2 aromatic rings. The van der Waals surface area contributed by atoms with E-state index in [1.165, 1.54) is 0 Å². The number of likely N-dealkylation sites (tertiary alicyclic amines) is 1. The molecule has 1 fully saturated rings. The molecule has 0 bridgehead atoms. The Balaban J connectivity index is 1.68. The summed E-state index contributed by atoms with van der Waals surface area (Å²) in [6.07, 6.45) is 2.73. The molecule has 0 radical (unpaired) electrons. The second-order valence-corrected chi connectivity index (χ2v) is 7.02. The molecule has 0 atom stereocenters. The average molecular weight is 362 g/mol. The van der Waals surface area contributed by atoms with E-state index in [0.717, 1.165) is 36.3 Å². The van der Waals surface area contributed by atoms with E-state index in [1.807, 2.05) is 18.7 Å². The Bertz CT molecular complexity index is 740. The van der Waals surface area contributed by atoms with Crippen LogP contribution in [0.5, 0.6) is 0 Å². The van der Waals surface area contributed by atoms with E-state index in [1.54, 1.807) is 14.0 Å². The predicted molar refractivity (Wildman–Crippen MR) is 92.7 cm³/mol. The fourth-order valence-corrected chi connectivity index (χ4v) is 3.60. The second-order valence-electron chi connectivity index (χ2n) is 7.02. The van der Waals surface area contributed by atoms with Crippen LogP contribution in [-0.4, -0.2) is 52.9 Å². The number of aromatic nitrogens is 3. The molecule has 1 aliphatic rings. The molecule has 8 heteroatoms. The number of piperidine rings is 1. The van der Waals surface area contributed by atoms with Crippen molar-refractivity contribution in [2.24, 2.45) is 0 Å². The van der Waals surface area contributed by atoms with Crippen LogP contribution in [0, 0.1) is 20.8 Å². The van der Waals surface area contributed by atoms with E-state index < -0.39 is 0 Å². The van der Waals surface area contributed by atoms with Crippen LogP contribution < -0.4 is 0 Å². The van der Waals surface area contributed by atoms with Gasteiger partial charge in [-0.05, 0) is 33.1 Å². The Morgan fingerprint density at radius 3 is 2.46 bits per heavy atom. The maximum atomic E-state index is 12.7. The van der Waals surface area contributed by atoms with E-state index in [-0.39, 0.29) is 11.3 Å². The van der Waals surface area contributed by atoms with Crippen LogP contribution in [0.4, 0.5) is 0 Å². The minimum atomic E-state index is -0.201. The van der Waals surface area contributed by atoms with Crippen molar-refractivity contribution in [2.75, 3.05) is 26.8 Å². The molecule has 0 aliphatic carbocycles. The zero-order valence-electron chi connectivity index (χ0n) is 15.9. The van der Waals surface area contributed by atoms with E-state index in [0.29, 0.717) is 37.8 Å². The Morgan fingerprint density at radius 2 is 1.92 bits per heavy atom. The summed E-state index contributed by atoms with van der Waals surface area (Å²) >= 11 is 0. The quantitative estimate of drug-likeness (QED) is 0.777. The lowest BCUT2D eigenvalue weighted by atomic mass is 9.75.